The molecule has 0 fully saturated rings. The van der Waals surface area contributed by atoms with Gasteiger partial charge in [-0.2, -0.15) is 10.2 Å². The number of aromatic nitrogens is 4. The van der Waals surface area contributed by atoms with Gasteiger partial charge in [-0.15, -0.1) is 0 Å². The lowest BCUT2D eigenvalue weighted by Crippen LogP contribution is -2.21. The van der Waals surface area contributed by atoms with Gasteiger partial charge in [-0.25, -0.2) is 0 Å². The van der Waals surface area contributed by atoms with Gasteiger partial charge < -0.3 is 5.32 Å². The summed E-state index contributed by atoms with van der Waals surface area (Å²) < 4.78 is 3.78. The van der Waals surface area contributed by atoms with E-state index in [0.717, 1.165) is 29.3 Å². The Morgan fingerprint density at radius 1 is 1.35 bits per heavy atom. The van der Waals surface area contributed by atoms with E-state index in [2.05, 4.69) is 29.4 Å². The van der Waals surface area contributed by atoms with Gasteiger partial charge >= 0.3 is 0 Å². The minimum absolute atomic E-state index is 0.182. The number of aryl methyl sites for hydroxylation is 3. The first-order chi connectivity index (χ1) is 9.49. The second kappa shape index (κ2) is 5.97. The zero-order chi connectivity index (χ0) is 14.9. The van der Waals surface area contributed by atoms with Crippen LogP contribution in [0, 0.1) is 6.92 Å². The van der Waals surface area contributed by atoms with E-state index in [4.69, 9.17) is 11.6 Å². The van der Waals surface area contributed by atoms with E-state index in [1.165, 1.54) is 11.3 Å². The minimum Gasteiger partial charge on any atom is -0.313 e. The number of halogens is 1. The molecule has 1 unspecified atom stereocenters. The molecule has 1 atom stereocenters. The summed E-state index contributed by atoms with van der Waals surface area (Å²) in [5.41, 5.74) is 4.39. The summed E-state index contributed by atoms with van der Waals surface area (Å²) >= 11 is 6.43. The lowest BCUT2D eigenvalue weighted by atomic mass is 10.0. The number of nitrogens with zero attached hydrogens (tertiary/aromatic N) is 4. The van der Waals surface area contributed by atoms with Crippen molar-refractivity contribution in [3.8, 4) is 0 Å². The predicted molar refractivity (Wildman–Crippen MR) is 81.0 cm³/mol. The van der Waals surface area contributed by atoms with Crippen molar-refractivity contribution in [2.75, 3.05) is 7.05 Å². The Bertz CT molecular complexity index is 599. The van der Waals surface area contributed by atoms with Gasteiger partial charge in [-0.05, 0) is 20.4 Å². The van der Waals surface area contributed by atoms with Crippen LogP contribution in [0.2, 0.25) is 5.02 Å². The van der Waals surface area contributed by atoms with Crippen molar-refractivity contribution >= 4 is 11.6 Å². The van der Waals surface area contributed by atoms with Gasteiger partial charge in [0.25, 0.3) is 0 Å². The Morgan fingerprint density at radius 3 is 2.50 bits per heavy atom. The first-order valence-corrected chi connectivity index (χ1v) is 7.23. The third-order valence-electron chi connectivity index (χ3n) is 3.90. The van der Waals surface area contributed by atoms with E-state index in [-0.39, 0.29) is 6.04 Å². The normalized spacial score (nSPS) is 12.9. The largest absolute Gasteiger partial charge is 0.313 e. The van der Waals surface area contributed by atoms with Crippen LogP contribution in [0.25, 0.3) is 0 Å². The molecule has 2 rings (SSSR count). The molecule has 0 aliphatic rings. The van der Waals surface area contributed by atoms with E-state index in [1.54, 1.807) is 0 Å². The van der Waals surface area contributed by atoms with E-state index >= 15 is 0 Å². The molecular weight excluding hydrogens is 274 g/mol. The predicted octanol–water partition coefficient (Wildman–Crippen LogP) is 2.18. The van der Waals surface area contributed by atoms with Crippen molar-refractivity contribution in [1.82, 2.24) is 24.9 Å². The highest BCUT2D eigenvalue weighted by Gasteiger charge is 2.20. The Labute approximate surface area is 124 Å². The molecule has 0 spiro atoms. The van der Waals surface area contributed by atoms with Gasteiger partial charge in [-0.1, -0.05) is 18.5 Å². The number of rotatable bonds is 5. The van der Waals surface area contributed by atoms with Crippen LogP contribution in [0.4, 0.5) is 0 Å². The van der Waals surface area contributed by atoms with Crippen molar-refractivity contribution in [2.24, 2.45) is 14.1 Å². The second-order valence-corrected chi connectivity index (χ2v) is 5.42. The first-order valence-electron chi connectivity index (χ1n) is 6.85. The Balaban J connectivity index is 2.32. The summed E-state index contributed by atoms with van der Waals surface area (Å²) in [6.45, 7) is 4.15. The number of hydrogen-bond donors (Lipinski definition) is 1. The van der Waals surface area contributed by atoms with Gasteiger partial charge in [0, 0.05) is 37.8 Å². The summed E-state index contributed by atoms with van der Waals surface area (Å²) in [6.07, 6.45) is 3.57. The topological polar surface area (TPSA) is 47.7 Å². The fourth-order valence-corrected chi connectivity index (χ4v) is 2.83. The molecular formula is C14H22ClN5. The standard InChI is InChI=1S/C14H22ClN5/c1-6-11-14(15)13(20(5)18-11)7-12(16-3)10-8-17-19(4)9(10)2/h8,12,16H,6-7H2,1-5H3. The summed E-state index contributed by atoms with van der Waals surface area (Å²) in [5, 5.41) is 12.9. The molecule has 6 heteroatoms. The van der Waals surface area contributed by atoms with Crippen LogP contribution in [-0.2, 0) is 26.9 Å². The summed E-state index contributed by atoms with van der Waals surface area (Å²) in [6, 6.07) is 0.182. The quantitative estimate of drug-likeness (QED) is 0.920. The molecule has 0 aromatic carbocycles. The van der Waals surface area contributed by atoms with Crippen LogP contribution in [0.5, 0.6) is 0 Å². The van der Waals surface area contributed by atoms with Gasteiger partial charge in [-0.3, -0.25) is 9.36 Å². The first kappa shape index (κ1) is 15.1. The Hall–Kier alpha value is -1.33. The van der Waals surface area contributed by atoms with Gasteiger partial charge in [0.1, 0.15) is 0 Å². The van der Waals surface area contributed by atoms with Crippen molar-refractivity contribution in [3.05, 3.63) is 33.9 Å². The molecule has 2 aromatic rings. The maximum Gasteiger partial charge on any atom is 0.0850 e. The molecule has 20 heavy (non-hydrogen) atoms. The van der Waals surface area contributed by atoms with Crippen molar-refractivity contribution in [3.63, 3.8) is 0 Å². The monoisotopic (exact) mass is 295 g/mol. The van der Waals surface area contributed by atoms with E-state index in [0.29, 0.717) is 0 Å². The molecule has 5 nitrogen and oxygen atoms in total. The molecule has 0 aliphatic heterocycles. The maximum atomic E-state index is 6.43. The van der Waals surface area contributed by atoms with Gasteiger partial charge in [0.05, 0.1) is 22.6 Å². The van der Waals surface area contributed by atoms with Crippen molar-refractivity contribution < 1.29 is 0 Å². The van der Waals surface area contributed by atoms with E-state index in [9.17, 15) is 0 Å². The lowest BCUT2D eigenvalue weighted by Gasteiger charge is -2.16. The fourth-order valence-electron chi connectivity index (χ4n) is 2.46. The SMILES string of the molecule is CCc1nn(C)c(CC(NC)c2cnn(C)c2C)c1Cl. The maximum absolute atomic E-state index is 6.43. The van der Waals surface area contributed by atoms with Crippen LogP contribution in [-0.4, -0.2) is 26.6 Å². The van der Waals surface area contributed by atoms with Crippen LogP contribution >= 0.6 is 11.6 Å². The Kier molecular flexibility index (Phi) is 4.50. The zero-order valence-electron chi connectivity index (χ0n) is 12.7. The van der Waals surface area contributed by atoms with E-state index < -0.39 is 0 Å². The fraction of sp³-hybridized carbons (Fsp3) is 0.571. The zero-order valence-corrected chi connectivity index (χ0v) is 13.5. The Morgan fingerprint density at radius 2 is 2.05 bits per heavy atom. The molecule has 110 valence electrons. The number of likely N-dealkylation sites (N-methyl/N-ethyl adjacent to an activating group) is 1. The summed E-state index contributed by atoms with van der Waals surface area (Å²) in [5.74, 6) is 0. The highest BCUT2D eigenvalue weighted by atomic mass is 35.5. The van der Waals surface area contributed by atoms with Crippen molar-refractivity contribution in [2.45, 2.75) is 32.7 Å². The minimum atomic E-state index is 0.182. The summed E-state index contributed by atoms with van der Waals surface area (Å²) in [4.78, 5) is 0. The highest BCUT2D eigenvalue weighted by molar-refractivity contribution is 6.31. The van der Waals surface area contributed by atoms with Crippen molar-refractivity contribution in [1.29, 1.82) is 0 Å². The highest BCUT2D eigenvalue weighted by Crippen LogP contribution is 2.27. The molecule has 0 amide bonds. The average molecular weight is 296 g/mol. The molecule has 0 aliphatic carbocycles. The molecule has 0 radical (unpaired) electrons. The number of nitrogens with one attached hydrogen (secondary N) is 1. The third kappa shape index (κ3) is 2.60. The average Bonchev–Trinajstić information content (AvgIpc) is 2.90. The molecule has 2 aromatic heterocycles. The molecule has 0 saturated heterocycles. The molecule has 0 saturated carbocycles. The lowest BCUT2D eigenvalue weighted by molar-refractivity contribution is 0.557. The van der Waals surface area contributed by atoms with Crippen LogP contribution < -0.4 is 5.32 Å². The van der Waals surface area contributed by atoms with Gasteiger partial charge in [0.15, 0.2) is 0 Å². The number of hydrogen-bond acceptors (Lipinski definition) is 3. The molecule has 1 N–H and O–H groups in total. The van der Waals surface area contributed by atoms with Gasteiger partial charge in [0.2, 0.25) is 0 Å². The summed E-state index contributed by atoms with van der Waals surface area (Å²) in [7, 11) is 5.86. The molecule has 0 bridgehead atoms. The van der Waals surface area contributed by atoms with Crippen LogP contribution in [0.15, 0.2) is 6.20 Å². The van der Waals surface area contributed by atoms with Crippen LogP contribution in [0.1, 0.15) is 35.6 Å². The second-order valence-electron chi connectivity index (χ2n) is 5.04. The van der Waals surface area contributed by atoms with E-state index in [1.807, 2.05) is 36.7 Å². The smallest absolute Gasteiger partial charge is 0.0850 e. The molecule has 2 heterocycles. The third-order valence-corrected chi connectivity index (χ3v) is 4.33. The van der Waals surface area contributed by atoms with Crippen LogP contribution in [0.3, 0.4) is 0 Å².